The molecule has 4 heterocycles. The Balaban J connectivity index is 0.000000164. The van der Waals surface area contributed by atoms with Crippen molar-refractivity contribution >= 4 is 56.9 Å². The Morgan fingerprint density at radius 3 is 1.57 bits per heavy atom. The van der Waals surface area contributed by atoms with Crippen molar-refractivity contribution in [3.63, 3.8) is 0 Å². The van der Waals surface area contributed by atoms with Crippen LogP contribution in [0.5, 0.6) is 0 Å². The van der Waals surface area contributed by atoms with Crippen molar-refractivity contribution in [2.75, 3.05) is 10.6 Å². The zero-order valence-corrected chi connectivity index (χ0v) is 30.0. The van der Waals surface area contributed by atoms with Crippen LogP contribution in [0.25, 0.3) is 33.2 Å². The van der Waals surface area contributed by atoms with Gasteiger partial charge >= 0.3 is 0 Å². The molecule has 8 aromatic rings. The summed E-state index contributed by atoms with van der Waals surface area (Å²) >= 11 is 6.23. The molecule has 0 saturated heterocycles. The Hall–Kier alpha value is -6.65. The number of aryl methyl sites for hydroxylation is 1. The minimum Gasteiger partial charge on any atom is -0.306 e. The number of hydrogen-bond donors (Lipinski definition) is 2. The first-order chi connectivity index (χ1) is 25.8. The number of halogens is 1. The molecule has 0 spiro atoms. The van der Waals surface area contributed by atoms with Crippen LogP contribution >= 0.6 is 11.6 Å². The van der Waals surface area contributed by atoms with Gasteiger partial charge in [-0.1, -0.05) is 85.3 Å². The average molecular weight is 719 g/mol. The second-order valence-corrected chi connectivity index (χ2v) is 12.6. The van der Waals surface area contributed by atoms with E-state index in [9.17, 15) is 9.59 Å². The molecule has 0 aliphatic rings. The lowest BCUT2D eigenvalue weighted by atomic mass is 10.1. The van der Waals surface area contributed by atoms with Crippen LogP contribution in [0.4, 0.5) is 11.6 Å². The van der Waals surface area contributed by atoms with E-state index in [-0.39, 0.29) is 11.8 Å². The molecule has 0 aliphatic carbocycles. The molecule has 0 atom stereocenters. The SMILES string of the molecule is CCc1ccccc1-n1ncc(C(=O)Nc2ccc3ccccc3n2)c1C.Cc1c(C(=O)Nc2ccc3ccccc3n2)cnn1-c1ccccc1Cl. The van der Waals surface area contributed by atoms with Crippen LogP contribution in [0.2, 0.25) is 5.02 Å². The molecule has 0 unspecified atom stereocenters. The zero-order chi connectivity index (χ0) is 36.9. The van der Waals surface area contributed by atoms with Crippen molar-refractivity contribution in [3.8, 4) is 11.4 Å². The lowest BCUT2D eigenvalue weighted by molar-refractivity contribution is 0.101. The first-order valence-corrected chi connectivity index (χ1v) is 17.4. The third kappa shape index (κ3) is 7.40. The number of carbonyl (C=O) groups excluding carboxylic acids is 2. The highest BCUT2D eigenvalue weighted by molar-refractivity contribution is 6.32. The van der Waals surface area contributed by atoms with Crippen LogP contribution in [0, 0.1) is 13.8 Å². The minimum atomic E-state index is -0.261. The van der Waals surface area contributed by atoms with E-state index in [4.69, 9.17) is 11.6 Å². The van der Waals surface area contributed by atoms with Crippen LogP contribution in [0.15, 0.2) is 134 Å². The van der Waals surface area contributed by atoms with E-state index in [2.05, 4.69) is 43.8 Å². The number of benzene rings is 4. The van der Waals surface area contributed by atoms with Gasteiger partial charge in [-0.2, -0.15) is 10.2 Å². The Morgan fingerprint density at radius 1 is 0.585 bits per heavy atom. The number of rotatable bonds is 7. The first kappa shape index (κ1) is 34.8. The van der Waals surface area contributed by atoms with Crippen molar-refractivity contribution in [1.82, 2.24) is 29.5 Å². The summed E-state index contributed by atoms with van der Waals surface area (Å²) in [5.41, 5.74) is 7.11. The van der Waals surface area contributed by atoms with Gasteiger partial charge in [0.05, 0.1) is 62.3 Å². The largest absolute Gasteiger partial charge is 0.306 e. The molecular formula is C42H35ClN8O2. The molecule has 0 fully saturated rings. The number of pyridine rings is 2. The number of carbonyl (C=O) groups is 2. The van der Waals surface area contributed by atoms with E-state index in [1.54, 1.807) is 23.0 Å². The van der Waals surface area contributed by atoms with Crippen LogP contribution in [-0.2, 0) is 6.42 Å². The quantitative estimate of drug-likeness (QED) is 0.170. The molecule has 10 nitrogen and oxygen atoms in total. The molecular weight excluding hydrogens is 684 g/mol. The molecule has 0 radical (unpaired) electrons. The summed E-state index contributed by atoms with van der Waals surface area (Å²) in [6.45, 7) is 5.85. The second-order valence-electron chi connectivity index (χ2n) is 12.2. The van der Waals surface area contributed by atoms with Gasteiger partial charge in [-0.3, -0.25) is 9.59 Å². The van der Waals surface area contributed by atoms with Crippen LogP contribution < -0.4 is 10.6 Å². The maximum atomic E-state index is 12.8. The van der Waals surface area contributed by atoms with Gasteiger partial charge in [-0.15, -0.1) is 0 Å². The normalized spacial score (nSPS) is 10.9. The highest BCUT2D eigenvalue weighted by Crippen LogP contribution is 2.24. The van der Waals surface area contributed by atoms with Crippen LogP contribution in [0.3, 0.4) is 0 Å². The maximum Gasteiger partial charge on any atom is 0.260 e. The Bertz CT molecular complexity index is 2610. The van der Waals surface area contributed by atoms with Gasteiger partial charge in [-0.25, -0.2) is 19.3 Å². The summed E-state index contributed by atoms with van der Waals surface area (Å²) < 4.78 is 3.48. The number of nitrogens with zero attached hydrogens (tertiary/aromatic N) is 6. The molecule has 0 saturated carbocycles. The number of aromatic nitrogens is 6. The van der Waals surface area contributed by atoms with Crippen molar-refractivity contribution in [1.29, 1.82) is 0 Å². The third-order valence-corrected chi connectivity index (χ3v) is 9.19. The Labute approximate surface area is 311 Å². The lowest BCUT2D eigenvalue weighted by Crippen LogP contribution is -2.14. The predicted octanol–water partition coefficient (Wildman–Crippen LogP) is 9.18. The number of amides is 2. The molecule has 4 aromatic carbocycles. The van der Waals surface area contributed by atoms with Crippen LogP contribution in [0.1, 0.15) is 44.6 Å². The highest BCUT2D eigenvalue weighted by Gasteiger charge is 2.18. The predicted molar refractivity (Wildman–Crippen MR) is 210 cm³/mol. The minimum absolute atomic E-state index is 0.212. The number of fused-ring (bicyclic) bond motifs is 2. The summed E-state index contributed by atoms with van der Waals surface area (Å²) in [6, 6.07) is 38.5. The third-order valence-electron chi connectivity index (χ3n) is 8.87. The average Bonchev–Trinajstić information content (AvgIpc) is 3.77. The molecule has 0 aliphatic heterocycles. The molecule has 2 amide bonds. The van der Waals surface area contributed by atoms with Crippen molar-refractivity contribution in [3.05, 3.63) is 167 Å². The first-order valence-electron chi connectivity index (χ1n) is 17.1. The number of para-hydroxylation sites is 4. The fourth-order valence-electron chi connectivity index (χ4n) is 6.03. The molecule has 4 aromatic heterocycles. The second kappa shape index (κ2) is 15.3. The van der Waals surface area contributed by atoms with E-state index in [0.717, 1.165) is 45.3 Å². The lowest BCUT2D eigenvalue weighted by Gasteiger charge is -2.10. The topological polar surface area (TPSA) is 120 Å². The number of nitrogens with one attached hydrogen (secondary N) is 2. The van der Waals surface area contributed by atoms with Gasteiger partial charge in [0.15, 0.2) is 0 Å². The van der Waals surface area contributed by atoms with Crippen molar-refractivity contribution < 1.29 is 9.59 Å². The van der Waals surface area contributed by atoms with E-state index < -0.39 is 0 Å². The van der Waals surface area contributed by atoms with Gasteiger partial charge in [0.25, 0.3) is 11.8 Å². The van der Waals surface area contributed by atoms with Crippen molar-refractivity contribution in [2.45, 2.75) is 27.2 Å². The highest BCUT2D eigenvalue weighted by atomic mass is 35.5. The van der Waals surface area contributed by atoms with Gasteiger partial charge < -0.3 is 10.6 Å². The fourth-order valence-corrected chi connectivity index (χ4v) is 6.25. The molecule has 0 bridgehead atoms. The Kier molecular flexibility index (Phi) is 10.0. The molecule has 53 heavy (non-hydrogen) atoms. The van der Waals surface area contributed by atoms with E-state index in [1.807, 2.05) is 122 Å². The standard InChI is InChI=1S/C22H20N4O.C20H15ClN4O/c1-3-16-8-5-7-11-20(16)26-15(2)18(14-23-26)22(27)25-21-13-12-17-9-4-6-10-19(17)24-21;1-13-15(12-22-25(13)18-9-5-3-7-16(18)21)20(26)24-19-11-10-14-6-2-4-8-17(14)23-19/h4-14H,3H2,1-2H3,(H,24,25,27);2-12H,1H3,(H,23,24,26). The van der Waals surface area contributed by atoms with Gasteiger partial charge in [-0.05, 0) is 80.4 Å². The smallest absolute Gasteiger partial charge is 0.260 e. The van der Waals surface area contributed by atoms with E-state index in [1.165, 1.54) is 11.8 Å². The Morgan fingerprint density at radius 2 is 1.04 bits per heavy atom. The summed E-state index contributed by atoms with van der Waals surface area (Å²) in [5.74, 6) is 0.553. The summed E-state index contributed by atoms with van der Waals surface area (Å²) in [6.07, 6.45) is 4.05. The van der Waals surface area contributed by atoms with Gasteiger partial charge in [0, 0.05) is 10.8 Å². The molecule has 8 rings (SSSR count). The number of hydrogen-bond acceptors (Lipinski definition) is 6. The van der Waals surface area contributed by atoms with Gasteiger partial charge in [0.2, 0.25) is 0 Å². The van der Waals surface area contributed by atoms with Crippen molar-refractivity contribution in [2.24, 2.45) is 0 Å². The molecule has 11 heteroatoms. The number of anilines is 2. The fraction of sp³-hybridized carbons (Fsp3) is 0.0952. The summed E-state index contributed by atoms with van der Waals surface area (Å²) in [7, 11) is 0. The maximum absolute atomic E-state index is 12.8. The van der Waals surface area contributed by atoms with E-state index >= 15 is 0 Å². The summed E-state index contributed by atoms with van der Waals surface area (Å²) in [4.78, 5) is 34.4. The molecule has 262 valence electrons. The van der Waals surface area contributed by atoms with Gasteiger partial charge in [0.1, 0.15) is 11.6 Å². The van der Waals surface area contributed by atoms with E-state index in [0.29, 0.717) is 33.5 Å². The monoisotopic (exact) mass is 718 g/mol. The molecule has 2 N–H and O–H groups in total. The summed E-state index contributed by atoms with van der Waals surface area (Å²) in [5, 5.41) is 17.1. The zero-order valence-electron chi connectivity index (χ0n) is 29.3. The van der Waals surface area contributed by atoms with Crippen LogP contribution in [-0.4, -0.2) is 41.3 Å².